The van der Waals surface area contributed by atoms with E-state index in [1.54, 1.807) is 57.2 Å². The second-order valence-corrected chi connectivity index (χ2v) is 7.82. The van der Waals surface area contributed by atoms with E-state index in [0.717, 1.165) is 0 Å². The van der Waals surface area contributed by atoms with Gasteiger partial charge in [-0.25, -0.2) is 5.09 Å². The molecule has 0 saturated carbocycles. The molecule has 1 aromatic rings. The van der Waals surface area contributed by atoms with Crippen molar-refractivity contribution in [1.82, 2.24) is 5.09 Å². The zero-order valence-electron chi connectivity index (χ0n) is 14.3. The first kappa shape index (κ1) is 20.4. The van der Waals surface area contributed by atoms with Gasteiger partial charge < -0.3 is 14.4 Å². The topological polar surface area (TPSA) is 84.9 Å². The summed E-state index contributed by atoms with van der Waals surface area (Å²) in [5.74, 6) is -0.0170. The van der Waals surface area contributed by atoms with Gasteiger partial charge in [-0.2, -0.15) is 0 Å². The van der Waals surface area contributed by atoms with Gasteiger partial charge in [0.25, 0.3) is 0 Å². The number of carbonyl (C=O) groups excluding carboxylic acids is 1. The number of hydrogen-bond acceptors (Lipinski definition) is 5. The first-order valence-electron chi connectivity index (χ1n) is 7.94. The maximum absolute atomic E-state index is 13.1. The van der Waals surface area contributed by atoms with Crippen LogP contribution in [0.15, 0.2) is 42.5 Å². The minimum Gasteiger partial charge on any atom is -0.462 e. The van der Waals surface area contributed by atoms with E-state index in [2.05, 4.69) is 5.09 Å². The van der Waals surface area contributed by atoms with Crippen LogP contribution in [-0.4, -0.2) is 36.0 Å². The molecule has 0 bridgehead atoms. The molecule has 1 rings (SSSR count). The van der Waals surface area contributed by atoms with E-state index in [-0.39, 0.29) is 18.9 Å². The van der Waals surface area contributed by atoms with Gasteiger partial charge in [0, 0.05) is 0 Å². The minimum absolute atomic E-state index is 0.0750. The molecule has 24 heavy (non-hydrogen) atoms. The quantitative estimate of drug-likeness (QED) is 0.381. The third kappa shape index (κ3) is 7.77. The van der Waals surface area contributed by atoms with E-state index >= 15 is 0 Å². The van der Waals surface area contributed by atoms with Gasteiger partial charge in [-0.05, 0) is 39.3 Å². The molecule has 0 heterocycles. The van der Waals surface area contributed by atoms with Gasteiger partial charge in [-0.1, -0.05) is 30.4 Å². The number of benzene rings is 1. The molecule has 0 saturated heterocycles. The lowest BCUT2D eigenvalue weighted by Crippen LogP contribution is -2.36. The van der Waals surface area contributed by atoms with Crippen LogP contribution in [-0.2, 0) is 14.1 Å². The Morgan fingerprint density at radius 1 is 1.25 bits per heavy atom. The lowest BCUT2D eigenvalue weighted by Gasteiger charge is -2.23. The predicted octanol–water partition coefficient (Wildman–Crippen LogP) is 3.13. The van der Waals surface area contributed by atoms with E-state index in [9.17, 15) is 9.36 Å². The van der Waals surface area contributed by atoms with Crippen LogP contribution in [0.1, 0.15) is 27.2 Å². The Morgan fingerprint density at radius 2 is 1.92 bits per heavy atom. The summed E-state index contributed by atoms with van der Waals surface area (Å²) in [5, 5.41) is 11.6. The van der Waals surface area contributed by atoms with Crippen molar-refractivity contribution in [2.45, 2.75) is 39.3 Å². The summed E-state index contributed by atoms with van der Waals surface area (Å²) in [6.07, 6.45) is 3.69. The molecule has 0 aromatic heterocycles. The molecule has 1 unspecified atom stereocenters. The molecular weight excluding hydrogens is 329 g/mol. The first-order chi connectivity index (χ1) is 11.4. The molecule has 0 radical (unpaired) electrons. The number of allylic oxidation sites excluding steroid dienone is 1. The molecule has 0 amide bonds. The molecular formula is C17H26NO5P. The predicted molar refractivity (Wildman–Crippen MR) is 94.2 cm³/mol. The highest BCUT2D eigenvalue weighted by Gasteiger charge is 2.30. The SMILES string of the molecule is CC(C)OC(=O)[C@H](C)NP(=O)(CC/C=C/CO)Oc1ccccc1. The molecule has 0 spiro atoms. The van der Waals surface area contributed by atoms with E-state index < -0.39 is 19.5 Å². The van der Waals surface area contributed by atoms with Gasteiger partial charge in [-0.3, -0.25) is 9.36 Å². The summed E-state index contributed by atoms with van der Waals surface area (Å²) < 4.78 is 23.9. The Kier molecular flexibility index (Phi) is 8.76. The fourth-order valence-corrected chi connectivity index (χ4v) is 3.83. The summed E-state index contributed by atoms with van der Waals surface area (Å²) in [6.45, 7) is 5.03. The van der Waals surface area contributed by atoms with Crippen molar-refractivity contribution in [2.75, 3.05) is 12.8 Å². The van der Waals surface area contributed by atoms with Crippen molar-refractivity contribution in [2.24, 2.45) is 0 Å². The number of carbonyl (C=O) groups is 1. The van der Waals surface area contributed by atoms with Crippen LogP contribution < -0.4 is 9.61 Å². The summed E-state index contributed by atoms with van der Waals surface area (Å²) >= 11 is 0. The highest BCUT2D eigenvalue weighted by Crippen LogP contribution is 2.44. The van der Waals surface area contributed by atoms with Gasteiger partial charge >= 0.3 is 13.5 Å². The summed E-state index contributed by atoms with van der Waals surface area (Å²) in [5.41, 5.74) is 0. The largest absolute Gasteiger partial charge is 0.462 e. The van der Waals surface area contributed by atoms with Gasteiger partial charge in [0.05, 0.1) is 18.9 Å². The van der Waals surface area contributed by atoms with Gasteiger partial charge in [0.2, 0.25) is 0 Å². The molecule has 7 heteroatoms. The monoisotopic (exact) mass is 355 g/mol. The van der Waals surface area contributed by atoms with Crippen LogP contribution >= 0.6 is 7.52 Å². The van der Waals surface area contributed by atoms with E-state index in [1.807, 2.05) is 6.07 Å². The molecule has 1 aromatic carbocycles. The third-order valence-corrected chi connectivity index (χ3v) is 5.09. The second kappa shape index (κ2) is 10.3. The number of esters is 1. The Bertz CT molecular complexity index is 574. The van der Waals surface area contributed by atoms with Crippen molar-refractivity contribution in [3.63, 3.8) is 0 Å². The molecule has 6 nitrogen and oxygen atoms in total. The zero-order chi connectivity index (χ0) is 18.0. The van der Waals surface area contributed by atoms with Crippen molar-refractivity contribution < 1.29 is 23.7 Å². The molecule has 0 fully saturated rings. The Hall–Kier alpha value is -1.62. The molecule has 0 aliphatic heterocycles. The van der Waals surface area contributed by atoms with Gasteiger partial charge in [0.1, 0.15) is 11.8 Å². The van der Waals surface area contributed by atoms with Crippen LogP contribution in [0.3, 0.4) is 0 Å². The van der Waals surface area contributed by atoms with Crippen molar-refractivity contribution >= 4 is 13.5 Å². The van der Waals surface area contributed by atoms with E-state index in [1.165, 1.54) is 0 Å². The van der Waals surface area contributed by atoms with E-state index in [0.29, 0.717) is 12.2 Å². The van der Waals surface area contributed by atoms with Crippen LogP contribution in [0.25, 0.3) is 0 Å². The average molecular weight is 355 g/mol. The number of aliphatic hydroxyl groups excluding tert-OH is 1. The van der Waals surface area contributed by atoms with Crippen molar-refractivity contribution in [1.29, 1.82) is 0 Å². The fraction of sp³-hybridized carbons (Fsp3) is 0.471. The zero-order valence-corrected chi connectivity index (χ0v) is 15.2. The molecule has 0 aliphatic rings. The number of hydrogen-bond donors (Lipinski definition) is 2. The number of aliphatic hydroxyl groups is 1. The fourth-order valence-electron chi connectivity index (χ4n) is 1.91. The third-order valence-electron chi connectivity index (χ3n) is 2.95. The highest BCUT2D eigenvalue weighted by atomic mass is 31.2. The molecule has 134 valence electrons. The van der Waals surface area contributed by atoms with Crippen LogP contribution in [0.2, 0.25) is 0 Å². The van der Waals surface area contributed by atoms with Crippen molar-refractivity contribution in [3.05, 3.63) is 42.5 Å². The maximum Gasteiger partial charge on any atom is 0.323 e. The lowest BCUT2D eigenvalue weighted by molar-refractivity contribution is -0.149. The molecule has 0 aliphatic carbocycles. The lowest BCUT2D eigenvalue weighted by atomic mass is 10.3. The molecule has 2 N–H and O–H groups in total. The summed E-state index contributed by atoms with van der Waals surface area (Å²) in [6, 6.07) is 8.04. The smallest absolute Gasteiger partial charge is 0.323 e. The Morgan fingerprint density at radius 3 is 2.50 bits per heavy atom. The second-order valence-electron chi connectivity index (χ2n) is 5.58. The van der Waals surface area contributed by atoms with E-state index in [4.69, 9.17) is 14.4 Å². The standard InChI is InChI=1S/C17H26NO5P/c1-14(2)22-17(20)15(3)18-24(21,13-9-5-8-12-19)23-16-10-6-4-7-11-16/h4-8,10-11,14-15,19H,9,12-13H2,1-3H3,(H,18,21)/b8-5+/t15-,24?/m0/s1. The number of para-hydroxylation sites is 1. The number of ether oxygens (including phenoxy) is 1. The van der Waals surface area contributed by atoms with Crippen molar-refractivity contribution in [3.8, 4) is 5.75 Å². The molecule has 2 atom stereocenters. The first-order valence-corrected chi connectivity index (χ1v) is 9.75. The van der Waals surface area contributed by atoms with Gasteiger partial charge in [-0.15, -0.1) is 0 Å². The van der Waals surface area contributed by atoms with Crippen LogP contribution in [0.5, 0.6) is 5.75 Å². The highest BCUT2D eigenvalue weighted by molar-refractivity contribution is 7.57. The maximum atomic E-state index is 13.1. The van der Waals surface area contributed by atoms with Gasteiger partial charge in [0.15, 0.2) is 0 Å². The summed E-state index contributed by atoms with van der Waals surface area (Å²) in [7, 11) is -3.32. The summed E-state index contributed by atoms with van der Waals surface area (Å²) in [4.78, 5) is 12.0. The Labute approximate surface area is 143 Å². The Balaban J connectivity index is 2.81. The number of rotatable bonds is 10. The minimum atomic E-state index is -3.32. The van der Waals surface area contributed by atoms with Crippen LogP contribution in [0, 0.1) is 0 Å². The average Bonchev–Trinajstić information content (AvgIpc) is 2.52. The number of nitrogens with one attached hydrogen (secondary N) is 1. The van der Waals surface area contributed by atoms with Crippen LogP contribution in [0.4, 0.5) is 0 Å². The normalized spacial score (nSPS) is 15.2.